The summed E-state index contributed by atoms with van der Waals surface area (Å²) in [5, 5.41) is 1.39. The number of likely N-dealkylation sites (tertiary alicyclic amines) is 1. The molecule has 4 amide bonds. The number of hydrogen-bond acceptors (Lipinski definition) is 6. The first kappa shape index (κ1) is 27.5. The van der Waals surface area contributed by atoms with E-state index in [1.165, 1.54) is 9.96 Å². The number of fused-ring (bicyclic) bond motifs is 2. The molecule has 0 saturated carbocycles. The first-order chi connectivity index (χ1) is 16.0. The Kier molecular flexibility index (Phi) is 7.65. The van der Waals surface area contributed by atoms with Gasteiger partial charge >= 0.3 is 12.1 Å². The van der Waals surface area contributed by atoms with Crippen molar-refractivity contribution in [1.29, 1.82) is 0 Å². The summed E-state index contributed by atoms with van der Waals surface area (Å²) < 4.78 is 11.8. The zero-order chi connectivity index (χ0) is 26.3. The molecule has 3 aliphatic heterocycles. The third kappa shape index (κ3) is 6.00. The molecular formula is C24H42N4O6Si. The van der Waals surface area contributed by atoms with Gasteiger partial charge in [0.1, 0.15) is 11.6 Å². The molecule has 0 aromatic carbocycles. The Morgan fingerprint density at radius 2 is 1.83 bits per heavy atom. The molecule has 2 bridgehead atoms. The maximum absolute atomic E-state index is 13.2. The zero-order valence-electron chi connectivity index (χ0n) is 22.6. The summed E-state index contributed by atoms with van der Waals surface area (Å²) in [5.41, 5.74) is 2.70. The molecule has 0 aliphatic carbocycles. The number of nitrogens with zero attached hydrogens (tertiary/aromatic N) is 3. The number of rotatable bonds is 6. The topological polar surface area (TPSA) is 101 Å². The van der Waals surface area contributed by atoms with E-state index in [0.29, 0.717) is 13.1 Å². The number of hydrogen-bond donors (Lipinski definition) is 1. The summed E-state index contributed by atoms with van der Waals surface area (Å²) in [4.78, 5) is 47.4. The number of carbonyl (C=O) groups excluding carboxylic acids is 3. The van der Waals surface area contributed by atoms with Crippen molar-refractivity contribution in [3.63, 3.8) is 0 Å². The van der Waals surface area contributed by atoms with Crippen LogP contribution >= 0.6 is 0 Å². The predicted molar refractivity (Wildman–Crippen MR) is 134 cm³/mol. The standard InChI is InChI=1S/C24H42N4O6Si/c1-16-13-18-14-27(21(30)28(18)34-35(8,9)24(5,6)7)19(16)20(29)25-32-15-17-11-10-12-26(17)22(31)33-23(2,3)4/h13,17-19H,10-12,14-15H2,1-9H3,(H,25,29)/t17-,18?,19-/m0/s1. The van der Waals surface area contributed by atoms with Crippen LogP contribution in [0.3, 0.4) is 0 Å². The van der Waals surface area contributed by atoms with E-state index < -0.39 is 25.9 Å². The summed E-state index contributed by atoms with van der Waals surface area (Å²) in [7, 11) is -2.23. The number of amides is 4. The number of hydroxylamine groups is 3. The second-order valence-electron chi connectivity index (χ2n) is 12.2. The van der Waals surface area contributed by atoms with E-state index in [1.54, 1.807) is 4.90 Å². The van der Waals surface area contributed by atoms with Gasteiger partial charge < -0.3 is 19.1 Å². The molecule has 35 heavy (non-hydrogen) atoms. The van der Waals surface area contributed by atoms with E-state index in [4.69, 9.17) is 14.1 Å². The third-order valence-corrected chi connectivity index (χ3v) is 11.4. The van der Waals surface area contributed by atoms with Gasteiger partial charge in [0, 0.05) is 6.54 Å². The normalized spacial score (nSPS) is 25.2. The molecule has 3 aliphatic rings. The minimum absolute atomic E-state index is 0.0594. The predicted octanol–water partition coefficient (Wildman–Crippen LogP) is 3.81. The van der Waals surface area contributed by atoms with Crippen molar-refractivity contribution in [3.05, 3.63) is 11.6 Å². The highest BCUT2D eigenvalue weighted by Crippen LogP contribution is 2.39. The first-order valence-electron chi connectivity index (χ1n) is 12.4. The smallest absolute Gasteiger partial charge is 0.410 e. The molecule has 1 N–H and O–H groups in total. The summed E-state index contributed by atoms with van der Waals surface area (Å²) in [6.45, 7) is 19.0. The number of urea groups is 1. The quantitative estimate of drug-likeness (QED) is 0.331. The molecule has 1 unspecified atom stereocenters. The summed E-state index contributed by atoms with van der Waals surface area (Å²) in [6, 6.07) is -1.47. The Morgan fingerprint density at radius 3 is 2.43 bits per heavy atom. The van der Waals surface area contributed by atoms with Crippen LogP contribution in [0.2, 0.25) is 18.1 Å². The molecular weight excluding hydrogens is 468 g/mol. The van der Waals surface area contributed by atoms with E-state index in [-0.39, 0.29) is 35.9 Å². The Morgan fingerprint density at radius 1 is 1.17 bits per heavy atom. The van der Waals surface area contributed by atoms with Crippen molar-refractivity contribution in [3.8, 4) is 0 Å². The van der Waals surface area contributed by atoms with Crippen LogP contribution in [0.5, 0.6) is 0 Å². The van der Waals surface area contributed by atoms with Crippen LogP contribution in [0.25, 0.3) is 0 Å². The lowest BCUT2D eigenvalue weighted by Crippen LogP contribution is -2.51. The number of carbonyl (C=O) groups is 3. The van der Waals surface area contributed by atoms with Crippen molar-refractivity contribution in [2.24, 2.45) is 0 Å². The number of nitrogens with one attached hydrogen (secondary N) is 1. The molecule has 0 aromatic heterocycles. The van der Waals surface area contributed by atoms with Crippen molar-refractivity contribution < 1.29 is 28.5 Å². The molecule has 0 aromatic rings. The molecule has 0 spiro atoms. The minimum Gasteiger partial charge on any atom is -0.444 e. The molecule has 198 valence electrons. The van der Waals surface area contributed by atoms with Crippen molar-refractivity contribution >= 4 is 26.3 Å². The Labute approximate surface area is 209 Å². The summed E-state index contributed by atoms with van der Waals surface area (Å²) in [5.74, 6) is -0.415. The van der Waals surface area contributed by atoms with Crippen LogP contribution in [0.1, 0.15) is 61.3 Å². The monoisotopic (exact) mass is 510 g/mol. The lowest BCUT2D eigenvalue weighted by molar-refractivity contribution is -0.138. The van der Waals surface area contributed by atoms with Crippen LogP contribution in [0, 0.1) is 0 Å². The van der Waals surface area contributed by atoms with Crippen LogP contribution in [-0.2, 0) is 18.9 Å². The Hall–Kier alpha value is -2.11. The zero-order valence-corrected chi connectivity index (χ0v) is 23.6. The Balaban J connectivity index is 1.58. The van der Waals surface area contributed by atoms with Gasteiger partial charge in [-0.25, -0.2) is 20.1 Å². The molecule has 10 nitrogen and oxygen atoms in total. The van der Waals surface area contributed by atoms with Gasteiger partial charge in [-0.15, -0.1) is 0 Å². The van der Waals surface area contributed by atoms with Gasteiger partial charge in [-0.05, 0) is 64.2 Å². The minimum atomic E-state index is -2.23. The largest absolute Gasteiger partial charge is 0.444 e. The molecule has 0 radical (unpaired) electrons. The first-order valence-corrected chi connectivity index (χ1v) is 15.3. The molecule has 3 atom stereocenters. The maximum atomic E-state index is 13.2. The highest BCUT2D eigenvalue weighted by molar-refractivity contribution is 6.74. The fourth-order valence-corrected chi connectivity index (χ4v) is 5.25. The molecule has 2 saturated heterocycles. The van der Waals surface area contributed by atoms with Gasteiger partial charge in [-0.3, -0.25) is 9.63 Å². The second kappa shape index (κ2) is 9.74. The summed E-state index contributed by atoms with van der Waals surface area (Å²) >= 11 is 0. The Bertz CT molecular complexity index is 878. The van der Waals surface area contributed by atoms with Crippen LogP contribution in [0.15, 0.2) is 11.6 Å². The van der Waals surface area contributed by atoms with Crippen molar-refractivity contribution in [1.82, 2.24) is 20.3 Å². The number of ether oxygens (including phenoxy) is 1. The van der Waals surface area contributed by atoms with Crippen LogP contribution in [0.4, 0.5) is 9.59 Å². The fourth-order valence-electron chi connectivity index (χ4n) is 4.27. The van der Waals surface area contributed by atoms with Crippen LogP contribution < -0.4 is 5.48 Å². The molecule has 3 rings (SSSR count). The highest BCUT2D eigenvalue weighted by atomic mass is 28.4. The van der Waals surface area contributed by atoms with Crippen LogP contribution in [-0.4, -0.2) is 84.6 Å². The SMILES string of the molecule is CC1=CC2CN(C(=O)N2O[Si](C)(C)C(C)(C)C)[C@@H]1C(=O)NOC[C@@H]1CCCN1C(=O)OC(C)(C)C. The van der Waals surface area contributed by atoms with Gasteiger partial charge in [-0.1, -0.05) is 26.8 Å². The van der Waals surface area contributed by atoms with Gasteiger partial charge in [0.2, 0.25) is 8.32 Å². The summed E-state index contributed by atoms with van der Waals surface area (Å²) in [6.07, 6.45) is 3.17. The average molecular weight is 511 g/mol. The highest BCUT2D eigenvalue weighted by Gasteiger charge is 2.51. The van der Waals surface area contributed by atoms with E-state index >= 15 is 0 Å². The second-order valence-corrected chi connectivity index (χ2v) is 16.9. The lowest BCUT2D eigenvalue weighted by Gasteiger charge is -2.39. The molecule has 2 fully saturated rings. The van der Waals surface area contributed by atoms with E-state index in [0.717, 1.165) is 18.4 Å². The third-order valence-electron chi connectivity index (χ3n) is 7.15. The van der Waals surface area contributed by atoms with Crippen molar-refractivity contribution in [2.75, 3.05) is 19.7 Å². The van der Waals surface area contributed by atoms with Gasteiger partial charge in [0.25, 0.3) is 5.91 Å². The van der Waals surface area contributed by atoms with Gasteiger partial charge in [0.05, 0.1) is 25.2 Å². The van der Waals surface area contributed by atoms with Gasteiger partial charge in [0.15, 0.2) is 0 Å². The maximum Gasteiger partial charge on any atom is 0.410 e. The van der Waals surface area contributed by atoms with E-state index in [1.807, 2.05) is 33.8 Å². The fraction of sp³-hybridized carbons (Fsp3) is 0.792. The van der Waals surface area contributed by atoms with Crippen molar-refractivity contribution in [2.45, 2.75) is 103 Å². The molecule has 11 heteroatoms. The van der Waals surface area contributed by atoms with E-state index in [2.05, 4.69) is 39.3 Å². The average Bonchev–Trinajstić information content (AvgIpc) is 3.25. The van der Waals surface area contributed by atoms with Gasteiger partial charge in [-0.2, -0.15) is 0 Å². The lowest BCUT2D eigenvalue weighted by atomic mass is 10.0. The molecule has 3 heterocycles. The van der Waals surface area contributed by atoms with E-state index in [9.17, 15) is 14.4 Å².